The van der Waals surface area contributed by atoms with E-state index in [4.69, 9.17) is 9.05 Å². The van der Waals surface area contributed by atoms with E-state index in [2.05, 4.69) is 35.5 Å². The first kappa shape index (κ1) is 18.9. The molecular weight excluding hydrogens is 386 g/mol. The normalized spacial score (nSPS) is 23.6. The standard InChI is InChI=1S/C20H23N7O3/c1-13-9-16(25-29-13)23-17(28)4-8-27-11-14-3-2-5-20(14,12-27)19-24-18(26-30-19)15-10-21-6-7-22-15/h6-7,9-10,14H,2-5,8,11-12H2,1H3,(H,23,25,28)/t14-,20-/m1/s1. The highest BCUT2D eigenvalue weighted by atomic mass is 16.5. The topological polar surface area (TPSA) is 123 Å². The molecule has 30 heavy (non-hydrogen) atoms. The lowest BCUT2D eigenvalue weighted by Crippen LogP contribution is -2.33. The van der Waals surface area contributed by atoms with Crippen molar-refractivity contribution in [3.63, 3.8) is 0 Å². The maximum Gasteiger partial charge on any atom is 0.234 e. The number of carbonyl (C=O) groups is 1. The van der Waals surface area contributed by atoms with Gasteiger partial charge in [-0.3, -0.25) is 9.78 Å². The zero-order valence-corrected chi connectivity index (χ0v) is 16.7. The Labute approximate surface area is 173 Å². The van der Waals surface area contributed by atoms with Crippen LogP contribution in [0.3, 0.4) is 0 Å². The molecule has 2 fully saturated rings. The van der Waals surface area contributed by atoms with Gasteiger partial charge in [-0.25, -0.2) is 4.98 Å². The van der Waals surface area contributed by atoms with E-state index in [9.17, 15) is 4.79 Å². The van der Waals surface area contributed by atoms with Gasteiger partial charge in [0.15, 0.2) is 5.82 Å². The number of fused-ring (bicyclic) bond motifs is 1. The summed E-state index contributed by atoms with van der Waals surface area (Å²) in [6, 6.07) is 1.71. The van der Waals surface area contributed by atoms with Crippen molar-refractivity contribution in [3.8, 4) is 11.5 Å². The van der Waals surface area contributed by atoms with Crippen LogP contribution < -0.4 is 5.32 Å². The van der Waals surface area contributed by atoms with Crippen LogP contribution in [0.2, 0.25) is 0 Å². The quantitative estimate of drug-likeness (QED) is 0.652. The average molecular weight is 409 g/mol. The third-order valence-corrected chi connectivity index (χ3v) is 6.14. The van der Waals surface area contributed by atoms with Crippen molar-refractivity contribution in [3.05, 3.63) is 36.3 Å². The molecule has 0 bridgehead atoms. The highest BCUT2D eigenvalue weighted by Crippen LogP contribution is 2.50. The van der Waals surface area contributed by atoms with Crippen molar-refractivity contribution in [2.24, 2.45) is 5.92 Å². The van der Waals surface area contributed by atoms with Gasteiger partial charge < -0.3 is 19.3 Å². The number of nitrogens with one attached hydrogen (secondary N) is 1. The van der Waals surface area contributed by atoms with E-state index in [1.54, 1.807) is 31.6 Å². The van der Waals surface area contributed by atoms with Crippen LogP contribution in [-0.2, 0) is 10.2 Å². The van der Waals surface area contributed by atoms with E-state index in [0.717, 1.165) is 32.4 Å². The third kappa shape index (κ3) is 3.47. The number of aryl methyl sites for hydroxylation is 1. The number of anilines is 1. The van der Waals surface area contributed by atoms with Gasteiger partial charge in [0.25, 0.3) is 0 Å². The van der Waals surface area contributed by atoms with Crippen LogP contribution >= 0.6 is 0 Å². The van der Waals surface area contributed by atoms with E-state index < -0.39 is 0 Å². The fraction of sp³-hybridized carbons (Fsp3) is 0.500. The Morgan fingerprint density at radius 2 is 2.27 bits per heavy atom. The number of nitrogens with zero attached hydrogens (tertiary/aromatic N) is 6. The Balaban J connectivity index is 1.25. The van der Waals surface area contributed by atoms with Crippen LogP contribution in [-0.4, -0.2) is 55.7 Å². The molecule has 2 aliphatic rings. The van der Waals surface area contributed by atoms with Gasteiger partial charge in [-0.2, -0.15) is 4.98 Å². The Hall–Kier alpha value is -3.14. The molecule has 1 aliphatic heterocycles. The highest BCUT2D eigenvalue weighted by Gasteiger charge is 2.54. The Morgan fingerprint density at radius 1 is 1.33 bits per heavy atom. The van der Waals surface area contributed by atoms with Crippen LogP contribution in [0.1, 0.15) is 37.3 Å². The van der Waals surface area contributed by atoms with E-state index in [1.807, 2.05) is 0 Å². The molecule has 10 nitrogen and oxygen atoms in total. The summed E-state index contributed by atoms with van der Waals surface area (Å²) >= 11 is 0. The molecule has 156 valence electrons. The summed E-state index contributed by atoms with van der Waals surface area (Å²) in [5.41, 5.74) is 0.459. The lowest BCUT2D eigenvalue weighted by molar-refractivity contribution is -0.116. The lowest BCUT2D eigenvalue weighted by Gasteiger charge is -2.24. The summed E-state index contributed by atoms with van der Waals surface area (Å²) < 4.78 is 10.7. The summed E-state index contributed by atoms with van der Waals surface area (Å²) in [5, 5.41) is 10.7. The van der Waals surface area contributed by atoms with Crippen LogP contribution in [0.15, 0.2) is 33.7 Å². The number of aromatic nitrogens is 5. The zero-order valence-electron chi connectivity index (χ0n) is 16.7. The van der Waals surface area contributed by atoms with Gasteiger partial charge in [0.1, 0.15) is 11.5 Å². The first-order valence-corrected chi connectivity index (χ1v) is 10.2. The van der Waals surface area contributed by atoms with Gasteiger partial charge >= 0.3 is 0 Å². The average Bonchev–Trinajstić information content (AvgIpc) is 3.50. The number of amides is 1. The Morgan fingerprint density at radius 3 is 3.07 bits per heavy atom. The fourth-order valence-electron chi connectivity index (χ4n) is 4.75. The van der Waals surface area contributed by atoms with Crippen molar-refractivity contribution in [2.75, 3.05) is 25.0 Å². The smallest absolute Gasteiger partial charge is 0.234 e. The van der Waals surface area contributed by atoms with Crippen molar-refractivity contribution < 1.29 is 13.8 Å². The number of hydrogen-bond donors (Lipinski definition) is 1. The largest absolute Gasteiger partial charge is 0.360 e. The first-order valence-electron chi connectivity index (χ1n) is 10.2. The van der Waals surface area contributed by atoms with Gasteiger partial charge in [0.2, 0.25) is 17.6 Å². The van der Waals surface area contributed by atoms with Gasteiger partial charge in [0, 0.05) is 44.5 Å². The number of carbonyl (C=O) groups excluding carboxylic acids is 1. The van der Waals surface area contributed by atoms with Gasteiger partial charge in [-0.15, -0.1) is 0 Å². The van der Waals surface area contributed by atoms with Crippen molar-refractivity contribution in [1.29, 1.82) is 0 Å². The minimum absolute atomic E-state index is 0.0721. The van der Waals surface area contributed by atoms with E-state index in [-0.39, 0.29) is 11.3 Å². The second-order valence-electron chi connectivity index (χ2n) is 8.12. The maximum atomic E-state index is 12.3. The molecule has 5 rings (SSSR count). The van der Waals surface area contributed by atoms with Crippen LogP contribution in [0.5, 0.6) is 0 Å². The second kappa shape index (κ2) is 7.60. The molecule has 3 aromatic rings. The van der Waals surface area contributed by atoms with Crippen LogP contribution in [0.25, 0.3) is 11.5 Å². The SMILES string of the molecule is Cc1cc(NC(=O)CCN2C[C@H]3CCC[C@@]3(c3nc(-c4cnccn4)no3)C2)no1. The summed E-state index contributed by atoms with van der Waals surface area (Å²) in [7, 11) is 0. The molecular formula is C20H23N7O3. The summed E-state index contributed by atoms with van der Waals surface area (Å²) in [6.07, 6.45) is 8.55. The maximum absolute atomic E-state index is 12.3. The molecule has 1 saturated heterocycles. The summed E-state index contributed by atoms with van der Waals surface area (Å²) in [4.78, 5) is 27.6. The van der Waals surface area contributed by atoms with E-state index in [1.165, 1.54) is 0 Å². The van der Waals surface area contributed by atoms with Gasteiger partial charge in [0.05, 0.1) is 11.6 Å². The highest BCUT2D eigenvalue weighted by molar-refractivity contribution is 5.89. The molecule has 4 heterocycles. The predicted molar refractivity (Wildman–Crippen MR) is 105 cm³/mol. The summed E-state index contributed by atoms with van der Waals surface area (Å²) in [5.74, 6) is 2.65. The summed E-state index contributed by atoms with van der Waals surface area (Å²) in [6.45, 7) is 4.21. The second-order valence-corrected chi connectivity index (χ2v) is 8.12. The Kier molecular flexibility index (Phi) is 4.78. The molecule has 3 aromatic heterocycles. The third-order valence-electron chi connectivity index (χ3n) is 6.14. The van der Waals surface area contributed by atoms with Crippen molar-refractivity contribution in [2.45, 2.75) is 38.0 Å². The van der Waals surface area contributed by atoms with E-state index in [0.29, 0.717) is 47.9 Å². The molecule has 0 unspecified atom stereocenters. The number of likely N-dealkylation sites (tertiary alicyclic amines) is 1. The van der Waals surface area contributed by atoms with Crippen LogP contribution in [0, 0.1) is 12.8 Å². The molecule has 0 radical (unpaired) electrons. The molecule has 1 N–H and O–H groups in total. The molecule has 1 saturated carbocycles. The monoisotopic (exact) mass is 409 g/mol. The van der Waals surface area contributed by atoms with Gasteiger partial charge in [-0.1, -0.05) is 16.7 Å². The fourth-order valence-corrected chi connectivity index (χ4v) is 4.75. The molecule has 1 amide bonds. The number of hydrogen-bond acceptors (Lipinski definition) is 9. The molecule has 10 heteroatoms. The van der Waals surface area contributed by atoms with Crippen LogP contribution in [0.4, 0.5) is 5.82 Å². The minimum Gasteiger partial charge on any atom is -0.360 e. The van der Waals surface area contributed by atoms with E-state index >= 15 is 0 Å². The van der Waals surface area contributed by atoms with Gasteiger partial charge in [-0.05, 0) is 25.7 Å². The zero-order chi connectivity index (χ0) is 20.6. The minimum atomic E-state index is -0.146. The Bertz CT molecular complexity index is 1030. The molecule has 1 aliphatic carbocycles. The predicted octanol–water partition coefficient (Wildman–Crippen LogP) is 2.21. The number of rotatable bonds is 6. The van der Waals surface area contributed by atoms with Crippen molar-refractivity contribution >= 4 is 11.7 Å². The molecule has 2 atom stereocenters. The lowest BCUT2D eigenvalue weighted by atomic mass is 9.80. The molecule has 0 spiro atoms. The van der Waals surface area contributed by atoms with Crippen molar-refractivity contribution in [1.82, 2.24) is 30.2 Å². The first-order chi connectivity index (χ1) is 14.6. The molecule has 0 aromatic carbocycles.